The average molecular weight is 258 g/mol. The minimum absolute atomic E-state index is 0.419. The fraction of sp³-hybridized carbons (Fsp3) is 0.500. The molecule has 0 bridgehead atoms. The van der Waals surface area contributed by atoms with Crippen LogP contribution in [-0.2, 0) is 9.53 Å². The number of esters is 1. The van der Waals surface area contributed by atoms with Crippen LogP contribution in [-0.4, -0.2) is 22.7 Å². The van der Waals surface area contributed by atoms with Crippen molar-refractivity contribution in [2.75, 3.05) is 0 Å². The fourth-order valence-electron chi connectivity index (χ4n) is 1.09. The monoisotopic (exact) mass is 257 g/mol. The van der Waals surface area contributed by atoms with Crippen molar-refractivity contribution in [2.45, 2.75) is 39.4 Å². The molecule has 1 unspecified atom stereocenters. The molecule has 4 nitrogen and oxygen atoms in total. The van der Waals surface area contributed by atoms with Crippen molar-refractivity contribution in [1.82, 2.24) is 4.98 Å². The maximum atomic E-state index is 11.6. The molecule has 0 amide bonds. The molecule has 1 aromatic rings. The number of hydrogen-bond acceptors (Lipinski definition) is 4. The second-order valence-electron chi connectivity index (χ2n) is 4.63. The van der Waals surface area contributed by atoms with Gasteiger partial charge >= 0.3 is 5.97 Å². The summed E-state index contributed by atoms with van der Waals surface area (Å²) in [4.78, 5) is 15.5. The zero-order chi connectivity index (χ0) is 13.1. The summed E-state index contributed by atoms with van der Waals surface area (Å²) in [5, 5.41) is 0.457. The first-order chi connectivity index (χ1) is 7.78. The molecule has 0 aliphatic carbocycles. The van der Waals surface area contributed by atoms with Crippen LogP contribution < -0.4 is 4.74 Å². The van der Waals surface area contributed by atoms with Crippen LogP contribution in [0.25, 0.3) is 0 Å². The fourth-order valence-corrected chi connectivity index (χ4v) is 1.26. The van der Waals surface area contributed by atoms with Gasteiger partial charge in [0.1, 0.15) is 11.4 Å². The van der Waals surface area contributed by atoms with Crippen molar-refractivity contribution in [3.8, 4) is 5.75 Å². The Labute approximate surface area is 106 Å². The Balaban J connectivity index is 2.60. The van der Waals surface area contributed by atoms with Gasteiger partial charge in [0, 0.05) is 12.3 Å². The highest BCUT2D eigenvalue weighted by molar-refractivity contribution is 6.30. The van der Waals surface area contributed by atoms with Gasteiger partial charge in [0.15, 0.2) is 6.10 Å². The van der Waals surface area contributed by atoms with E-state index in [9.17, 15) is 4.79 Å². The van der Waals surface area contributed by atoms with E-state index in [-0.39, 0.29) is 0 Å². The van der Waals surface area contributed by atoms with Gasteiger partial charge in [0.25, 0.3) is 0 Å². The molecular weight excluding hydrogens is 242 g/mol. The number of pyridine rings is 1. The first-order valence-electron chi connectivity index (χ1n) is 5.28. The summed E-state index contributed by atoms with van der Waals surface area (Å²) in [7, 11) is 0. The van der Waals surface area contributed by atoms with E-state index < -0.39 is 17.7 Å². The van der Waals surface area contributed by atoms with Gasteiger partial charge < -0.3 is 9.47 Å². The zero-order valence-electron chi connectivity index (χ0n) is 10.4. The zero-order valence-corrected chi connectivity index (χ0v) is 11.1. The van der Waals surface area contributed by atoms with E-state index in [1.165, 1.54) is 12.4 Å². The van der Waals surface area contributed by atoms with Gasteiger partial charge in [-0.15, -0.1) is 0 Å². The minimum atomic E-state index is -0.700. The van der Waals surface area contributed by atoms with E-state index >= 15 is 0 Å². The summed E-state index contributed by atoms with van der Waals surface area (Å²) >= 11 is 5.76. The largest absolute Gasteiger partial charge is 0.477 e. The third-order valence-corrected chi connectivity index (χ3v) is 1.94. The van der Waals surface area contributed by atoms with Crippen LogP contribution in [0.15, 0.2) is 18.5 Å². The molecule has 1 atom stereocenters. The molecule has 94 valence electrons. The van der Waals surface area contributed by atoms with Crippen LogP contribution in [0.4, 0.5) is 0 Å². The summed E-state index contributed by atoms with van der Waals surface area (Å²) in [5.74, 6) is 0.0216. The molecule has 0 radical (unpaired) electrons. The van der Waals surface area contributed by atoms with Gasteiger partial charge in [0.2, 0.25) is 0 Å². The molecule has 5 heteroatoms. The molecule has 0 aliphatic heterocycles. The molecule has 0 saturated carbocycles. The lowest BCUT2D eigenvalue weighted by molar-refractivity contribution is -0.162. The Bertz CT molecular complexity index is 401. The highest BCUT2D eigenvalue weighted by atomic mass is 35.5. The summed E-state index contributed by atoms with van der Waals surface area (Å²) in [6.07, 6.45) is 2.29. The summed E-state index contributed by atoms with van der Waals surface area (Å²) in [6.45, 7) is 7.03. The number of ether oxygens (including phenoxy) is 2. The van der Waals surface area contributed by atoms with Gasteiger partial charge in [-0.1, -0.05) is 11.6 Å². The van der Waals surface area contributed by atoms with Crippen LogP contribution in [0.3, 0.4) is 0 Å². The molecule has 17 heavy (non-hydrogen) atoms. The predicted molar refractivity (Wildman–Crippen MR) is 65.2 cm³/mol. The molecule has 0 aliphatic rings. The number of carbonyl (C=O) groups excluding carboxylic acids is 1. The average Bonchev–Trinajstić information content (AvgIpc) is 2.14. The van der Waals surface area contributed by atoms with Crippen molar-refractivity contribution in [3.05, 3.63) is 23.5 Å². The summed E-state index contributed by atoms with van der Waals surface area (Å²) < 4.78 is 10.6. The van der Waals surface area contributed by atoms with Gasteiger partial charge in [-0.25, -0.2) is 4.79 Å². The lowest BCUT2D eigenvalue weighted by atomic mass is 10.2. The molecule has 0 N–H and O–H groups in total. The van der Waals surface area contributed by atoms with Gasteiger partial charge in [-0.2, -0.15) is 0 Å². The first-order valence-corrected chi connectivity index (χ1v) is 5.66. The Morgan fingerprint density at radius 1 is 1.41 bits per heavy atom. The Kier molecular flexibility index (Phi) is 4.34. The topological polar surface area (TPSA) is 48.4 Å². The molecule has 0 saturated heterocycles. The third-order valence-electron chi connectivity index (χ3n) is 1.73. The maximum absolute atomic E-state index is 11.6. The van der Waals surface area contributed by atoms with Gasteiger partial charge in [-0.05, 0) is 27.7 Å². The van der Waals surface area contributed by atoms with Gasteiger partial charge in [0.05, 0.1) is 11.2 Å². The van der Waals surface area contributed by atoms with E-state index in [1.54, 1.807) is 33.8 Å². The van der Waals surface area contributed by atoms with Crippen molar-refractivity contribution in [1.29, 1.82) is 0 Å². The second-order valence-corrected chi connectivity index (χ2v) is 5.07. The number of rotatable bonds is 3. The minimum Gasteiger partial charge on any atom is -0.477 e. The second kappa shape index (κ2) is 5.36. The van der Waals surface area contributed by atoms with E-state index in [1.807, 2.05) is 0 Å². The molecule has 0 spiro atoms. The lowest BCUT2D eigenvalue weighted by Gasteiger charge is -2.22. The van der Waals surface area contributed by atoms with Crippen LogP contribution in [0, 0.1) is 0 Å². The quantitative estimate of drug-likeness (QED) is 0.782. The number of aromatic nitrogens is 1. The molecule has 0 fully saturated rings. The maximum Gasteiger partial charge on any atom is 0.347 e. The normalized spacial score (nSPS) is 13.0. The van der Waals surface area contributed by atoms with E-state index in [4.69, 9.17) is 21.1 Å². The number of hydrogen-bond donors (Lipinski definition) is 0. The summed E-state index contributed by atoms with van der Waals surface area (Å²) in [5.41, 5.74) is -0.527. The van der Waals surface area contributed by atoms with Crippen LogP contribution >= 0.6 is 11.6 Å². The van der Waals surface area contributed by atoms with Crippen LogP contribution in [0.5, 0.6) is 5.75 Å². The number of halogens is 1. The Hall–Kier alpha value is -1.29. The first kappa shape index (κ1) is 13.8. The van der Waals surface area contributed by atoms with Crippen LogP contribution in [0.2, 0.25) is 5.02 Å². The van der Waals surface area contributed by atoms with E-state index in [2.05, 4.69) is 4.98 Å². The highest BCUT2D eigenvalue weighted by Crippen LogP contribution is 2.17. The Morgan fingerprint density at radius 2 is 2.06 bits per heavy atom. The number of nitrogens with zero attached hydrogens (tertiary/aromatic N) is 1. The van der Waals surface area contributed by atoms with E-state index in [0.29, 0.717) is 10.8 Å². The van der Waals surface area contributed by atoms with Crippen LogP contribution in [0.1, 0.15) is 27.7 Å². The number of carbonyl (C=O) groups is 1. The van der Waals surface area contributed by atoms with Crippen molar-refractivity contribution in [2.24, 2.45) is 0 Å². The smallest absolute Gasteiger partial charge is 0.347 e. The predicted octanol–water partition coefficient (Wildman–Crippen LogP) is 2.84. The standard InChI is InChI=1S/C12H16ClNO3/c1-8(11(15)17-12(2,3)4)16-10-5-9(13)6-14-7-10/h5-8H,1-4H3. The molecule has 1 rings (SSSR count). The summed E-state index contributed by atoms with van der Waals surface area (Å²) in [6, 6.07) is 1.59. The van der Waals surface area contributed by atoms with Crippen molar-refractivity contribution < 1.29 is 14.3 Å². The highest BCUT2D eigenvalue weighted by Gasteiger charge is 2.23. The SMILES string of the molecule is CC(Oc1cncc(Cl)c1)C(=O)OC(C)(C)C. The molecule has 1 heterocycles. The lowest BCUT2D eigenvalue weighted by Crippen LogP contribution is -2.33. The molecular formula is C12H16ClNO3. The van der Waals surface area contributed by atoms with Crippen molar-refractivity contribution in [3.63, 3.8) is 0 Å². The molecule has 0 aromatic carbocycles. The van der Waals surface area contributed by atoms with Crippen molar-refractivity contribution >= 4 is 17.6 Å². The molecule has 1 aromatic heterocycles. The Morgan fingerprint density at radius 3 is 2.59 bits per heavy atom. The van der Waals surface area contributed by atoms with E-state index in [0.717, 1.165) is 0 Å². The van der Waals surface area contributed by atoms with Gasteiger partial charge in [-0.3, -0.25) is 4.98 Å². The third kappa shape index (κ3) is 5.04.